The fraction of sp³-hybridized carbons (Fsp3) is 0.933. The summed E-state index contributed by atoms with van der Waals surface area (Å²) in [7, 11) is 0. The van der Waals surface area contributed by atoms with Gasteiger partial charge >= 0.3 is 0 Å². The number of carbonyl (C=O) groups is 1. The number of hydrogen-bond acceptors (Lipinski definition) is 3. The third-order valence-corrected chi connectivity index (χ3v) is 4.07. The largest absolute Gasteiger partial charge is 0.353 e. The van der Waals surface area contributed by atoms with Gasteiger partial charge in [0.15, 0.2) is 0 Å². The van der Waals surface area contributed by atoms with E-state index in [-0.39, 0.29) is 5.91 Å². The highest BCUT2D eigenvalue weighted by molar-refractivity contribution is 5.76. The molecule has 0 aromatic heterocycles. The van der Waals surface area contributed by atoms with Crippen LogP contribution in [0.4, 0.5) is 0 Å². The van der Waals surface area contributed by atoms with Crippen molar-refractivity contribution in [2.24, 2.45) is 0 Å². The second-order valence-electron chi connectivity index (χ2n) is 6.04. The molecule has 2 rings (SSSR count). The normalized spacial score (nSPS) is 22.9. The summed E-state index contributed by atoms with van der Waals surface area (Å²) >= 11 is 0. The van der Waals surface area contributed by atoms with E-state index in [1.807, 2.05) is 0 Å². The molecule has 110 valence electrons. The first-order valence-electron chi connectivity index (χ1n) is 8.03. The maximum absolute atomic E-state index is 11.8. The van der Waals surface area contributed by atoms with Crippen molar-refractivity contribution in [3.8, 4) is 0 Å². The molecule has 1 heterocycles. The van der Waals surface area contributed by atoms with Gasteiger partial charge in [-0.2, -0.15) is 0 Å². The molecule has 2 aliphatic rings. The summed E-state index contributed by atoms with van der Waals surface area (Å²) in [6, 6.07) is 1.14. The Bertz CT molecular complexity index is 273. The summed E-state index contributed by atoms with van der Waals surface area (Å²) in [5.41, 5.74) is 0. The lowest BCUT2D eigenvalue weighted by Gasteiger charge is -2.25. The molecule has 1 aliphatic carbocycles. The van der Waals surface area contributed by atoms with E-state index in [1.54, 1.807) is 0 Å². The van der Waals surface area contributed by atoms with Gasteiger partial charge < -0.3 is 15.5 Å². The molecule has 1 saturated carbocycles. The predicted molar refractivity (Wildman–Crippen MR) is 78.2 cm³/mol. The SMILES string of the molecule is CCCCN(CCC(=O)NC1CC1)CC1CCCN1. The van der Waals surface area contributed by atoms with Crippen LogP contribution < -0.4 is 10.6 Å². The van der Waals surface area contributed by atoms with Gasteiger partial charge in [0.05, 0.1) is 0 Å². The zero-order valence-corrected chi connectivity index (χ0v) is 12.3. The Kier molecular flexibility index (Phi) is 6.11. The van der Waals surface area contributed by atoms with Crippen molar-refractivity contribution in [3.63, 3.8) is 0 Å². The second-order valence-corrected chi connectivity index (χ2v) is 6.04. The monoisotopic (exact) mass is 267 g/mol. The minimum Gasteiger partial charge on any atom is -0.353 e. The summed E-state index contributed by atoms with van der Waals surface area (Å²) in [5.74, 6) is 0.239. The molecule has 0 aromatic rings. The summed E-state index contributed by atoms with van der Waals surface area (Å²) in [5, 5.41) is 6.63. The summed E-state index contributed by atoms with van der Waals surface area (Å²) in [4.78, 5) is 14.2. The van der Waals surface area contributed by atoms with Crippen LogP contribution >= 0.6 is 0 Å². The molecule has 0 bridgehead atoms. The summed E-state index contributed by atoms with van der Waals surface area (Å²) in [6.07, 6.45) is 8.06. The fourth-order valence-corrected chi connectivity index (χ4v) is 2.69. The molecule has 1 saturated heterocycles. The van der Waals surface area contributed by atoms with Gasteiger partial charge in [-0.15, -0.1) is 0 Å². The lowest BCUT2D eigenvalue weighted by atomic mass is 10.2. The Hall–Kier alpha value is -0.610. The van der Waals surface area contributed by atoms with Gasteiger partial charge in [0.25, 0.3) is 0 Å². The molecule has 1 atom stereocenters. The maximum Gasteiger partial charge on any atom is 0.221 e. The minimum atomic E-state index is 0.239. The Labute approximate surface area is 117 Å². The van der Waals surface area contributed by atoms with Crippen LogP contribution in [0, 0.1) is 0 Å². The number of hydrogen-bond donors (Lipinski definition) is 2. The van der Waals surface area contributed by atoms with Crippen LogP contribution in [0.25, 0.3) is 0 Å². The maximum atomic E-state index is 11.8. The molecule has 0 aromatic carbocycles. The van der Waals surface area contributed by atoms with Gasteiger partial charge in [-0.25, -0.2) is 0 Å². The van der Waals surface area contributed by atoms with Crippen LogP contribution in [-0.2, 0) is 4.79 Å². The number of carbonyl (C=O) groups excluding carboxylic acids is 1. The van der Waals surface area contributed by atoms with Gasteiger partial charge in [-0.05, 0) is 45.2 Å². The number of amides is 1. The van der Waals surface area contributed by atoms with Crippen LogP contribution in [-0.4, -0.2) is 49.1 Å². The molecule has 2 N–H and O–H groups in total. The molecule has 0 radical (unpaired) electrons. The van der Waals surface area contributed by atoms with E-state index >= 15 is 0 Å². The van der Waals surface area contributed by atoms with Crippen LogP contribution in [0.15, 0.2) is 0 Å². The lowest BCUT2D eigenvalue weighted by molar-refractivity contribution is -0.121. The van der Waals surface area contributed by atoms with Crippen LogP contribution in [0.1, 0.15) is 51.9 Å². The first-order valence-corrected chi connectivity index (χ1v) is 8.03. The fourth-order valence-electron chi connectivity index (χ4n) is 2.69. The van der Waals surface area contributed by atoms with Gasteiger partial charge in [0.2, 0.25) is 5.91 Å². The number of unbranched alkanes of at least 4 members (excludes halogenated alkanes) is 1. The van der Waals surface area contributed by atoms with Crippen LogP contribution in [0.5, 0.6) is 0 Å². The summed E-state index contributed by atoms with van der Waals surface area (Å²) < 4.78 is 0. The second kappa shape index (κ2) is 7.85. The molecule has 2 fully saturated rings. The number of nitrogens with zero attached hydrogens (tertiary/aromatic N) is 1. The highest BCUT2D eigenvalue weighted by Crippen LogP contribution is 2.18. The third kappa shape index (κ3) is 5.91. The van der Waals surface area contributed by atoms with E-state index in [2.05, 4.69) is 22.5 Å². The van der Waals surface area contributed by atoms with Crippen molar-refractivity contribution in [2.45, 2.75) is 64.0 Å². The molecular formula is C15H29N3O. The molecular weight excluding hydrogens is 238 g/mol. The van der Waals surface area contributed by atoms with Crippen molar-refractivity contribution >= 4 is 5.91 Å². The minimum absolute atomic E-state index is 0.239. The Morgan fingerprint density at radius 2 is 2.16 bits per heavy atom. The lowest BCUT2D eigenvalue weighted by Crippen LogP contribution is -2.40. The van der Waals surface area contributed by atoms with Crippen molar-refractivity contribution in [1.29, 1.82) is 0 Å². The molecule has 4 nitrogen and oxygen atoms in total. The van der Waals surface area contributed by atoms with E-state index in [0.29, 0.717) is 18.5 Å². The zero-order chi connectivity index (χ0) is 13.5. The first kappa shape index (κ1) is 14.8. The Morgan fingerprint density at radius 3 is 2.79 bits per heavy atom. The van der Waals surface area contributed by atoms with Crippen molar-refractivity contribution in [1.82, 2.24) is 15.5 Å². The number of nitrogens with one attached hydrogen (secondary N) is 2. The average molecular weight is 267 g/mol. The number of rotatable bonds is 9. The van der Waals surface area contributed by atoms with Gasteiger partial charge in [-0.3, -0.25) is 4.79 Å². The molecule has 1 unspecified atom stereocenters. The Balaban J connectivity index is 1.66. The topological polar surface area (TPSA) is 44.4 Å². The molecule has 1 amide bonds. The smallest absolute Gasteiger partial charge is 0.221 e. The molecule has 1 aliphatic heterocycles. The van der Waals surface area contributed by atoms with E-state index in [0.717, 1.165) is 26.2 Å². The van der Waals surface area contributed by atoms with E-state index in [9.17, 15) is 4.79 Å². The van der Waals surface area contributed by atoms with Crippen molar-refractivity contribution in [2.75, 3.05) is 26.2 Å². The van der Waals surface area contributed by atoms with Gasteiger partial charge in [0.1, 0.15) is 0 Å². The van der Waals surface area contributed by atoms with Crippen LogP contribution in [0.3, 0.4) is 0 Å². The third-order valence-electron chi connectivity index (χ3n) is 4.07. The summed E-state index contributed by atoms with van der Waals surface area (Å²) in [6.45, 7) is 6.54. The van der Waals surface area contributed by atoms with E-state index in [1.165, 1.54) is 38.5 Å². The predicted octanol–water partition coefficient (Wildman–Crippen LogP) is 1.51. The highest BCUT2D eigenvalue weighted by Gasteiger charge is 2.23. The molecule has 19 heavy (non-hydrogen) atoms. The van der Waals surface area contributed by atoms with Crippen LogP contribution in [0.2, 0.25) is 0 Å². The van der Waals surface area contributed by atoms with E-state index in [4.69, 9.17) is 0 Å². The van der Waals surface area contributed by atoms with Crippen molar-refractivity contribution in [3.05, 3.63) is 0 Å². The Morgan fingerprint density at radius 1 is 1.32 bits per heavy atom. The standard InChI is InChI=1S/C15H29N3O/c1-2-3-10-18(12-14-5-4-9-16-14)11-8-15(19)17-13-6-7-13/h13-14,16H,2-12H2,1H3,(H,17,19). The van der Waals surface area contributed by atoms with Gasteiger partial charge in [0, 0.05) is 31.6 Å². The highest BCUT2D eigenvalue weighted by atomic mass is 16.1. The van der Waals surface area contributed by atoms with Crippen molar-refractivity contribution < 1.29 is 4.79 Å². The quantitative estimate of drug-likeness (QED) is 0.665. The molecule has 4 heteroatoms. The molecule has 0 spiro atoms. The zero-order valence-electron chi connectivity index (χ0n) is 12.3. The first-order chi connectivity index (χ1) is 9.28. The average Bonchev–Trinajstić information content (AvgIpc) is 3.06. The van der Waals surface area contributed by atoms with Gasteiger partial charge in [-0.1, -0.05) is 13.3 Å². The van der Waals surface area contributed by atoms with E-state index < -0.39 is 0 Å².